The molecule has 2 aliphatic heterocycles. The number of pyridine rings is 2. The Morgan fingerprint density at radius 1 is 0.900 bits per heavy atom. The summed E-state index contributed by atoms with van der Waals surface area (Å²) in [5.41, 5.74) is 3.62. The molecule has 210 valence electrons. The fourth-order valence-electron chi connectivity index (χ4n) is 6.69. The van der Waals surface area contributed by atoms with E-state index < -0.39 is 9.84 Å². The van der Waals surface area contributed by atoms with Crippen LogP contribution in [0.25, 0.3) is 0 Å². The number of fused-ring (bicyclic) bond motifs is 2. The molecule has 2 N–H and O–H groups in total. The van der Waals surface area contributed by atoms with Crippen LogP contribution in [0.4, 0.5) is 11.4 Å². The molecule has 4 heterocycles. The average molecular weight is 560 g/mol. The number of hydrogen-bond acceptors (Lipinski definition) is 7. The topological polar surface area (TPSA) is 104 Å². The molecular weight excluding hydrogens is 522 g/mol. The van der Waals surface area contributed by atoms with Gasteiger partial charge in [-0.1, -0.05) is 44.2 Å². The smallest absolute Gasteiger partial charge is 0.243 e. The minimum absolute atomic E-state index is 0.0294. The van der Waals surface area contributed by atoms with E-state index in [9.17, 15) is 13.2 Å². The molecule has 1 unspecified atom stereocenters. The molecule has 2 aromatic heterocycles. The predicted molar refractivity (Wildman–Crippen MR) is 155 cm³/mol. The highest BCUT2D eigenvalue weighted by Crippen LogP contribution is 2.48. The summed E-state index contributed by atoms with van der Waals surface area (Å²) in [5.74, 6) is -0.0294. The van der Waals surface area contributed by atoms with Gasteiger partial charge in [0, 0.05) is 54.9 Å². The van der Waals surface area contributed by atoms with Crippen LogP contribution in [0.1, 0.15) is 68.9 Å². The summed E-state index contributed by atoms with van der Waals surface area (Å²) in [6, 6.07) is 10.1. The maximum Gasteiger partial charge on any atom is 0.243 e. The van der Waals surface area contributed by atoms with Gasteiger partial charge in [-0.2, -0.15) is 0 Å². The highest BCUT2D eigenvalue weighted by Gasteiger charge is 2.49. The quantitative estimate of drug-likeness (QED) is 0.438. The van der Waals surface area contributed by atoms with Crippen LogP contribution in [0.15, 0.2) is 71.0 Å². The third-order valence-electron chi connectivity index (χ3n) is 8.90. The Morgan fingerprint density at radius 3 is 2.38 bits per heavy atom. The Hall–Kier alpha value is -3.46. The van der Waals surface area contributed by atoms with Crippen molar-refractivity contribution in [1.82, 2.24) is 15.3 Å². The molecule has 40 heavy (non-hydrogen) atoms. The SMILES string of the molecule is O=C(NCc1ccc(S(=O)(=O)c2cncc(N3CCCC3)c2)cc1)C1Nc2ccncc2C12CCCCCCC2. The van der Waals surface area contributed by atoms with Gasteiger partial charge in [0.05, 0.1) is 21.7 Å². The second-order valence-electron chi connectivity index (χ2n) is 11.4. The van der Waals surface area contributed by atoms with Gasteiger partial charge in [-0.3, -0.25) is 14.8 Å². The zero-order chi connectivity index (χ0) is 27.6. The van der Waals surface area contributed by atoms with Gasteiger partial charge in [-0.25, -0.2) is 8.42 Å². The average Bonchev–Trinajstić information content (AvgIpc) is 3.62. The van der Waals surface area contributed by atoms with E-state index in [2.05, 4.69) is 25.5 Å². The predicted octanol–water partition coefficient (Wildman–Crippen LogP) is 5.00. The Balaban J connectivity index is 1.15. The zero-order valence-corrected chi connectivity index (χ0v) is 23.6. The van der Waals surface area contributed by atoms with Crippen molar-refractivity contribution in [3.05, 3.63) is 72.3 Å². The maximum atomic E-state index is 13.6. The fraction of sp³-hybridized carbons (Fsp3) is 0.452. The number of aromatic nitrogens is 2. The molecule has 1 amide bonds. The van der Waals surface area contributed by atoms with E-state index >= 15 is 0 Å². The second kappa shape index (κ2) is 11.2. The molecule has 9 heteroatoms. The maximum absolute atomic E-state index is 13.6. The number of carbonyl (C=O) groups is 1. The molecule has 1 spiro atoms. The van der Waals surface area contributed by atoms with Crippen LogP contribution in [0.3, 0.4) is 0 Å². The highest BCUT2D eigenvalue weighted by atomic mass is 32.2. The van der Waals surface area contributed by atoms with Crippen LogP contribution < -0.4 is 15.5 Å². The molecule has 1 atom stereocenters. The second-order valence-corrected chi connectivity index (χ2v) is 13.3. The normalized spacial score (nSPS) is 20.4. The van der Waals surface area contributed by atoms with E-state index in [4.69, 9.17) is 0 Å². The number of rotatable bonds is 6. The molecule has 3 aromatic rings. The molecule has 0 radical (unpaired) electrons. The summed E-state index contributed by atoms with van der Waals surface area (Å²) in [5, 5.41) is 6.64. The van der Waals surface area contributed by atoms with Crippen molar-refractivity contribution in [3.8, 4) is 0 Å². The van der Waals surface area contributed by atoms with E-state index in [1.54, 1.807) is 42.7 Å². The Morgan fingerprint density at radius 2 is 1.62 bits per heavy atom. The number of sulfone groups is 1. The molecule has 0 bridgehead atoms. The van der Waals surface area contributed by atoms with Crippen molar-refractivity contribution in [3.63, 3.8) is 0 Å². The number of nitrogens with zero attached hydrogens (tertiary/aromatic N) is 3. The molecular formula is C31H37N5O3S. The minimum Gasteiger partial charge on any atom is -0.373 e. The minimum atomic E-state index is -3.70. The van der Waals surface area contributed by atoms with Crippen molar-refractivity contribution in [2.24, 2.45) is 0 Å². The largest absolute Gasteiger partial charge is 0.373 e. The van der Waals surface area contributed by atoms with E-state index in [1.165, 1.54) is 25.5 Å². The molecule has 1 saturated heterocycles. The first-order chi connectivity index (χ1) is 19.5. The number of hydrogen-bond donors (Lipinski definition) is 2. The summed E-state index contributed by atoms with van der Waals surface area (Å²) >= 11 is 0. The van der Waals surface area contributed by atoms with Gasteiger partial charge in [0.2, 0.25) is 15.7 Å². The Labute approximate surface area is 236 Å². The van der Waals surface area contributed by atoms with Crippen molar-refractivity contribution in [1.29, 1.82) is 0 Å². The number of anilines is 2. The molecule has 6 rings (SSSR count). The summed E-state index contributed by atoms with van der Waals surface area (Å²) < 4.78 is 26.7. The van der Waals surface area contributed by atoms with Crippen LogP contribution in [-0.2, 0) is 26.6 Å². The third kappa shape index (κ3) is 5.07. The van der Waals surface area contributed by atoms with Gasteiger partial charge >= 0.3 is 0 Å². The zero-order valence-electron chi connectivity index (χ0n) is 22.8. The fourth-order valence-corrected chi connectivity index (χ4v) is 7.94. The first kappa shape index (κ1) is 26.7. The van der Waals surface area contributed by atoms with Gasteiger partial charge in [-0.05, 0) is 55.5 Å². The highest BCUT2D eigenvalue weighted by molar-refractivity contribution is 7.91. The number of amides is 1. The van der Waals surface area contributed by atoms with Crippen LogP contribution in [-0.4, -0.2) is 43.4 Å². The van der Waals surface area contributed by atoms with E-state index in [0.29, 0.717) is 6.54 Å². The lowest BCUT2D eigenvalue weighted by Crippen LogP contribution is -2.50. The molecule has 8 nitrogen and oxygen atoms in total. The molecule has 2 fully saturated rings. The van der Waals surface area contributed by atoms with Crippen molar-refractivity contribution in [2.45, 2.75) is 85.6 Å². The Kier molecular flexibility index (Phi) is 7.49. The first-order valence-corrected chi connectivity index (χ1v) is 16.0. The van der Waals surface area contributed by atoms with Gasteiger partial charge in [0.1, 0.15) is 6.04 Å². The van der Waals surface area contributed by atoms with E-state index in [0.717, 1.165) is 74.1 Å². The van der Waals surface area contributed by atoms with Gasteiger partial charge < -0.3 is 15.5 Å². The summed E-state index contributed by atoms with van der Waals surface area (Å²) in [4.78, 5) is 24.8. The Bertz CT molecular complexity index is 1460. The van der Waals surface area contributed by atoms with Gasteiger partial charge in [0.25, 0.3) is 0 Å². The van der Waals surface area contributed by atoms with Crippen molar-refractivity contribution < 1.29 is 13.2 Å². The molecule has 1 aliphatic carbocycles. The standard InChI is InChI=1S/C31H37N5O3S/c37-30(29-31(13-4-2-1-3-5-14-31)27-22-32-15-12-28(27)35-29)34-19-23-8-10-25(11-9-23)40(38,39)26-18-24(20-33-21-26)36-16-6-7-17-36/h8-12,15,18,20-22,29,35H,1-7,13-14,16-17,19H2,(H,34,37). The number of carbonyl (C=O) groups excluding carboxylic acids is 1. The van der Waals surface area contributed by atoms with Crippen LogP contribution >= 0.6 is 0 Å². The van der Waals surface area contributed by atoms with Crippen LogP contribution in [0.2, 0.25) is 0 Å². The van der Waals surface area contributed by atoms with Crippen molar-refractivity contribution in [2.75, 3.05) is 23.3 Å². The van der Waals surface area contributed by atoms with Crippen molar-refractivity contribution >= 4 is 27.1 Å². The monoisotopic (exact) mass is 559 g/mol. The van der Waals surface area contributed by atoms with Gasteiger partial charge in [-0.15, -0.1) is 0 Å². The first-order valence-electron chi connectivity index (χ1n) is 14.5. The van der Waals surface area contributed by atoms with Crippen LogP contribution in [0.5, 0.6) is 0 Å². The lowest BCUT2D eigenvalue weighted by molar-refractivity contribution is -0.123. The summed E-state index contributed by atoms with van der Waals surface area (Å²) in [7, 11) is -3.70. The van der Waals surface area contributed by atoms with E-state index in [-0.39, 0.29) is 27.2 Å². The van der Waals surface area contributed by atoms with Crippen LogP contribution in [0, 0.1) is 0 Å². The summed E-state index contributed by atoms with van der Waals surface area (Å²) in [6.45, 7) is 2.17. The van der Waals surface area contributed by atoms with Gasteiger partial charge in [0.15, 0.2) is 0 Å². The lowest BCUT2D eigenvalue weighted by Gasteiger charge is -2.36. The molecule has 1 saturated carbocycles. The third-order valence-corrected chi connectivity index (χ3v) is 10.6. The molecule has 3 aliphatic rings. The van der Waals surface area contributed by atoms with E-state index in [1.807, 2.05) is 12.3 Å². The lowest BCUT2D eigenvalue weighted by atomic mass is 9.68. The molecule has 1 aromatic carbocycles. The number of nitrogens with one attached hydrogen (secondary N) is 2. The summed E-state index contributed by atoms with van der Waals surface area (Å²) in [6.07, 6.45) is 16.9. The number of benzene rings is 1.